The summed E-state index contributed by atoms with van der Waals surface area (Å²) in [6.07, 6.45) is 0.154. The number of hydrogen-bond donors (Lipinski definition) is 2. The molecule has 1 aliphatic heterocycles. The minimum Gasteiger partial charge on any atom is -0.485 e. The molecule has 1 aromatic heterocycles. The van der Waals surface area contributed by atoms with Crippen LogP contribution in [-0.4, -0.2) is 28.3 Å². The predicted octanol–water partition coefficient (Wildman–Crippen LogP) is 4.50. The first-order chi connectivity index (χ1) is 13.9. The summed E-state index contributed by atoms with van der Waals surface area (Å²) in [6.45, 7) is 13.8. The third-order valence-corrected chi connectivity index (χ3v) is 5.60. The number of nitrogens with one attached hydrogen (secondary N) is 1. The highest BCUT2D eigenvalue weighted by molar-refractivity contribution is 5.86. The number of rotatable bonds is 4. The van der Waals surface area contributed by atoms with Crippen LogP contribution in [0.15, 0.2) is 48.5 Å². The molecule has 2 atom stereocenters. The Bertz CT molecular complexity index is 1090. The van der Waals surface area contributed by atoms with Crippen molar-refractivity contribution < 1.29 is 9.84 Å². The van der Waals surface area contributed by atoms with E-state index in [1.54, 1.807) is 6.07 Å². The molecule has 0 aliphatic carbocycles. The minimum absolute atomic E-state index is 0.277. The van der Waals surface area contributed by atoms with E-state index in [9.17, 15) is 5.11 Å². The summed E-state index contributed by atoms with van der Waals surface area (Å²) < 4.78 is 6.17. The van der Waals surface area contributed by atoms with Crippen LogP contribution in [0.2, 0.25) is 0 Å². The summed E-state index contributed by atoms with van der Waals surface area (Å²) >= 11 is 0. The summed E-state index contributed by atoms with van der Waals surface area (Å²) in [4.78, 5) is 7.94. The number of nitrogens with zero attached hydrogens (tertiary/aromatic N) is 2. The van der Waals surface area contributed by atoms with Crippen molar-refractivity contribution in [1.29, 1.82) is 0 Å². The lowest BCUT2D eigenvalue weighted by Crippen LogP contribution is -2.52. The molecule has 5 heteroatoms. The van der Waals surface area contributed by atoms with Gasteiger partial charge in [0.2, 0.25) is 0 Å². The Morgan fingerprint density at radius 3 is 2.69 bits per heavy atom. The highest BCUT2D eigenvalue weighted by Crippen LogP contribution is 2.42. The van der Waals surface area contributed by atoms with E-state index in [0.29, 0.717) is 5.82 Å². The van der Waals surface area contributed by atoms with Crippen molar-refractivity contribution in [3.8, 4) is 5.75 Å². The number of aliphatic hydroxyl groups is 1. The Hall–Kier alpha value is -2.94. The molecular weight excluding hydrogens is 362 g/mol. The standard InChI is InChI=1S/C24H25N3O2/c1-15-12-21(25-4)27-19-13-18-20(14-17(15)19)29-24(2,3)23(28)22(18)26-11-10-16-8-6-5-7-9-16/h5-9,12-14,22-23,26,28H,10-11H2,1-3H3/t22-,23+/m0/s1. The Balaban J connectivity index is 1.70. The van der Waals surface area contributed by atoms with Crippen LogP contribution in [0, 0.1) is 13.5 Å². The Morgan fingerprint density at radius 2 is 1.97 bits per heavy atom. The van der Waals surface area contributed by atoms with Gasteiger partial charge in [-0.05, 0) is 63.1 Å². The van der Waals surface area contributed by atoms with Gasteiger partial charge in [0.15, 0.2) is 5.52 Å². The van der Waals surface area contributed by atoms with Crippen LogP contribution in [-0.2, 0) is 6.42 Å². The van der Waals surface area contributed by atoms with E-state index >= 15 is 0 Å². The first kappa shape index (κ1) is 19.4. The number of aryl methyl sites for hydroxylation is 1. The predicted molar refractivity (Wildman–Crippen MR) is 114 cm³/mol. The van der Waals surface area contributed by atoms with Crippen molar-refractivity contribution in [2.45, 2.75) is 44.9 Å². The summed E-state index contributed by atoms with van der Waals surface area (Å²) in [5.74, 6) is 1.13. The molecule has 0 radical (unpaired) electrons. The zero-order valence-electron chi connectivity index (χ0n) is 16.9. The summed E-state index contributed by atoms with van der Waals surface area (Å²) in [5.41, 5.74) is 3.15. The largest absolute Gasteiger partial charge is 0.485 e. The van der Waals surface area contributed by atoms with Gasteiger partial charge in [0, 0.05) is 10.9 Å². The van der Waals surface area contributed by atoms with Crippen molar-refractivity contribution >= 4 is 16.7 Å². The van der Waals surface area contributed by atoms with Crippen LogP contribution in [0.4, 0.5) is 5.82 Å². The van der Waals surface area contributed by atoms with Crippen molar-refractivity contribution in [2.24, 2.45) is 0 Å². The van der Waals surface area contributed by atoms with Crippen LogP contribution in [0.5, 0.6) is 5.75 Å². The second-order valence-corrected chi connectivity index (χ2v) is 8.13. The summed E-state index contributed by atoms with van der Waals surface area (Å²) in [6, 6.07) is 15.7. The van der Waals surface area contributed by atoms with Crippen molar-refractivity contribution in [3.63, 3.8) is 0 Å². The molecule has 4 rings (SSSR count). The molecular formula is C24H25N3O2. The van der Waals surface area contributed by atoms with E-state index < -0.39 is 11.7 Å². The second kappa shape index (κ2) is 7.47. The molecule has 3 aromatic rings. The van der Waals surface area contributed by atoms with Gasteiger partial charge >= 0.3 is 0 Å². The number of pyridine rings is 1. The molecule has 2 N–H and O–H groups in total. The lowest BCUT2D eigenvalue weighted by atomic mass is 9.85. The van der Waals surface area contributed by atoms with Crippen LogP contribution < -0.4 is 10.1 Å². The molecule has 0 saturated carbocycles. The van der Waals surface area contributed by atoms with Gasteiger partial charge in [0.05, 0.1) is 6.04 Å². The van der Waals surface area contributed by atoms with Gasteiger partial charge in [-0.15, -0.1) is 4.98 Å². The van der Waals surface area contributed by atoms with E-state index in [4.69, 9.17) is 11.3 Å². The molecule has 2 aromatic carbocycles. The number of aliphatic hydroxyl groups excluding tert-OH is 1. The maximum absolute atomic E-state index is 11.0. The van der Waals surface area contributed by atoms with Gasteiger partial charge in [-0.2, -0.15) is 0 Å². The zero-order chi connectivity index (χ0) is 20.6. The first-order valence-corrected chi connectivity index (χ1v) is 9.86. The molecule has 148 valence electrons. The van der Waals surface area contributed by atoms with Crippen molar-refractivity contribution in [2.75, 3.05) is 6.54 Å². The Kier molecular flexibility index (Phi) is 4.99. The molecule has 2 heterocycles. The maximum Gasteiger partial charge on any atom is 0.270 e. The van der Waals surface area contributed by atoms with E-state index in [1.807, 2.05) is 51.1 Å². The summed E-state index contributed by atoms with van der Waals surface area (Å²) in [7, 11) is 0. The SMILES string of the molecule is [C-]#[N+]c1cc(C)c2cc3c(cc2n1)[C@H](NCCc1ccccc1)[C@@H](O)C(C)(C)O3. The monoisotopic (exact) mass is 387 g/mol. The number of fused-ring (bicyclic) bond motifs is 2. The fourth-order valence-electron chi connectivity index (χ4n) is 3.96. The molecule has 0 unspecified atom stereocenters. The molecule has 0 saturated heterocycles. The average Bonchev–Trinajstić information content (AvgIpc) is 2.70. The lowest BCUT2D eigenvalue weighted by molar-refractivity contribution is -0.0642. The first-order valence-electron chi connectivity index (χ1n) is 9.86. The van der Waals surface area contributed by atoms with Gasteiger partial charge < -0.3 is 20.0 Å². The Morgan fingerprint density at radius 1 is 1.21 bits per heavy atom. The maximum atomic E-state index is 11.0. The molecule has 0 bridgehead atoms. The summed E-state index contributed by atoms with van der Waals surface area (Å²) in [5, 5.41) is 15.5. The van der Waals surface area contributed by atoms with Gasteiger partial charge in [0.25, 0.3) is 5.82 Å². The third kappa shape index (κ3) is 3.69. The van der Waals surface area contributed by atoms with Crippen LogP contribution >= 0.6 is 0 Å². The van der Waals surface area contributed by atoms with E-state index in [1.165, 1.54) is 5.56 Å². The third-order valence-electron chi connectivity index (χ3n) is 5.60. The van der Waals surface area contributed by atoms with Crippen LogP contribution in [0.25, 0.3) is 15.7 Å². The van der Waals surface area contributed by atoms with Crippen molar-refractivity contribution in [3.05, 3.63) is 76.6 Å². The molecule has 29 heavy (non-hydrogen) atoms. The molecule has 5 nitrogen and oxygen atoms in total. The van der Waals surface area contributed by atoms with Gasteiger partial charge in [0.1, 0.15) is 17.5 Å². The highest BCUT2D eigenvalue weighted by atomic mass is 16.5. The number of ether oxygens (including phenoxy) is 1. The number of benzene rings is 2. The minimum atomic E-state index is -0.719. The van der Waals surface area contributed by atoms with Crippen LogP contribution in [0.3, 0.4) is 0 Å². The fourth-order valence-corrected chi connectivity index (χ4v) is 3.96. The van der Waals surface area contributed by atoms with E-state index in [-0.39, 0.29) is 6.04 Å². The van der Waals surface area contributed by atoms with Crippen LogP contribution in [0.1, 0.15) is 36.6 Å². The highest BCUT2D eigenvalue weighted by Gasteiger charge is 2.43. The topological polar surface area (TPSA) is 58.7 Å². The van der Waals surface area contributed by atoms with Gasteiger partial charge in [-0.3, -0.25) is 0 Å². The normalized spacial score (nSPS) is 20.0. The Labute approximate surface area is 171 Å². The molecule has 1 aliphatic rings. The number of hydrogen-bond acceptors (Lipinski definition) is 4. The average molecular weight is 387 g/mol. The molecule has 0 fully saturated rings. The molecule has 0 spiro atoms. The fraction of sp³-hybridized carbons (Fsp3) is 0.333. The van der Waals surface area contributed by atoms with E-state index in [2.05, 4.69) is 27.3 Å². The van der Waals surface area contributed by atoms with Gasteiger partial charge in [-0.1, -0.05) is 36.9 Å². The second-order valence-electron chi connectivity index (χ2n) is 8.13. The molecule has 0 amide bonds. The smallest absolute Gasteiger partial charge is 0.270 e. The number of aromatic nitrogens is 1. The van der Waals surface area contributed by atoms with Gasteiger partial charge in [-0.25, -0.2) is 0 Å². The van der Waals surface area contributed by atoms with E-state index in [0.717, 1.165) is 40.7 Å². The quantitative estimate of drug-likeness (QED) is 0.647. The zero-order valence-corrected chi connectivity index (χ0v) is 16.9. The van der Waals surface area contributed by atoms with Crippen molar-refractivity contribution in [1.82, 2.24) is 10.3 Å². The lowest BCUT2D eigenvalue weighted by Gasteiger charge is -2.42.